The van der Waals surface area contributed by atoms with Crippen molar-refractivity contribution < 1.29 is 22.4 Å². The van der Waals surface area contributed by atoms with Gasteiger partial charge in [-0.1, -0.05) is 26.0 Å². The zero-order valence-electron chi connectivity index (χ0n) is 16.7. The van der Waals surface area contributed by atoms with E-state index in [4.69, 9.17) is 0 Å². The molecular formula is C20H23F4IN4O. The molecule has 30 heavy (non-hydrogen) atoms. The molecule has 0 aromatic heterocycles. The maximum absolute atomic E-state index is 13.6. The highest BCUT2D eigenvalue weighted by Crippen LogP contribution is 2.23. The molecule has 0 aliphatic rings. The van der Waals surface area contributed by atoms with Crippen LogP contribution in [0.25, 0.3) is 0 Å². The summed E-state index contributed by atoms with van der Waals surface area (Å²) in [6, 6.07) is 7.90. The van der Waals surface area contributed by atoms with Crippen LogP contribution in [-0.2, 0) is 10.2 Å². The molecule has 0 atom stereocenters. The number of carbonyl (C=O) groups excluding carboxylic acids is 1. The second kappa shape index (κ2) is 11.1. The number of nitrogens with one attached hydrogen (secondary N) is 3. The fourth-order valence-corrected chi connectivity index (χ4v) is 2.52. The number of nitrogens with zero attached hydrogens (tertiary/aromatic N) is 1. The number of amides is 1. The van der Waals surface area contributed by atoms with Crippen molar-refractivity contribution in [2.75, 3.05) is 25.5 Å². The molecule has 2 aromatic carbocycles. The Labute approximate surface area is 189 Å². The molecule has 0 fully saturated rings. The fraction of sp³-hybridized carbons (Fsp3) is 0.300. The summed E-state index contributed by atoms with van der Waals surface area (Å²) in [5.41, 5.74) is -0.116. The lowest BCUT2D eigenvalue weighted by Crippen LogP contribution is -2.45. The van der Waals surface area contributed by atoms with Crippen LogP contribution in [0.15, 0.2) is 41.4 Å². The molecular weight excluding hydrogens is 515 g/mol. The van der Waals surface area contributed by atoms with Crippen LogP contribution in [0.2, 0.25) is 0 Å². The Morgan fingerprint density at radius 2 is 1.73 bits per heavy atom. The number of aliphatic imine (C=N–C) groups is 1. The highest BCUT2D eigenvalue weighted by atomic mass is 127. The van der Waals surface area contributed by atoms with E-state index in [9.17, 15) is 22.4 Å². The molecule has 0 spiro atoms. The first-order valence-corrected chi connectivity index (χ1v) is 8.78. The zero-order chi connectivity index (χ0) is 21.6. The summed E-state index contributed by atoms with van der Waals surface area (Å²) < 4.78 is 53.2. The largest absolute Gasteiger partial charge is 0.356 e. The van der Waals surface area contributed by atoms with Crippen molar-refractivity contribution in [3.05, 3.63) is 65.2 Å². The average Bonchev–Trinajstić information content (AvgIpc) is 2.68. The minimum atomic E-state index is -1.66. The zero-order valence-corrected chi connectivity index (χ0v) is 19.0. The topological polar surface area (TPSA) is 65.5 Å². The number of rotatable bonds is 6. The molecule has 2 aromatic rings. The van der Waals surface area contributed by atoms with Crippen LogP contribution in [0.3, 0.4) is 0 Å². The average molecular weight is 538 g/mol. The molecule has 164 valence electrons. The Morgan fingerprint density at radius 3 is 2.37 bits per heavy atom. The summed E-state index contributed by atoms with van der Waals surface area (Å²) in [7, 11) is 1.50. The predicted molar refractivity (Wildman–Crippen MR) is 119 cm³/mol. The van der Waals surface area contributed by atoms with Gasteiger partial charge in [-0.15, -0.1) is 24.0 Å². The summed E-state index contributed by atoms with van der Waals surface area (Å²) >= 11 is 0. The molecule has 1 amide bonds. The highest BCUT2D eigenvalue weighted by molar-refractivity contribution is 14.0. The van der Waals surface area contributed by atoms with E-state index in [0.717, 1.165) is 17.7 Å². The number of carbonyl (C=O) groups is 1. The van der Waals surface area contributed by atoms with Crippen LogP contribution in [-0.4, -0.2) is 32.0 Å². The van der Waals surface area contributed by atoms with Crippen molar-refractivity contribution in [2.45, 2.75) is 19.3 Å². The summed E-state index contributed by atoms with van der Waals surface area (Å²) in [5, 5.41) is 7.92. The molecule has 0 saturated heterocycles. The van der Waals surface area contributed by atoms with Gasteiger partial charge in [0, 0.05) is 19.0 Å². The number of benzene rings is 2. The maximum Gasteiger partial charge on any atom is 0.243 e. The van der Waals surface area contributed by atoms with Crippen molar-refractivity contribution in [1.82, 2.24) is 10.6 Å². The molecule has 3 N–H and O–H groups in total. The summed E-state index contributed by atoms with van der Waals surface area (Å²) in [4.78, 5) is 15.9. The molecule has 0 radical (unpaired) electrons. The standard InChI is InChI=1S/C20H22F4N4O.HI/c1-20(2,12-5-4-6-13(21)9-12)11-27-19(25-3)26-10-16(29)28-15-8-7-14(22)17(23)18(15)24;/h4-9H,10-11H2,1-3H3,(H,28,29)(H2,25,26,27);1H. The van der Waals surface area contributed by atoms with Crippen LogP contribution in [0.5, 0.6) is 0 Å². The van der Waals surface area contributed by atoms with Crippen LogP contribution in [0.4, 0.5) is 23.2 Å². The number of guanidine groups is 1. The van der Waals surface area contributed by atoms with Crippen molar-refractivity contribution in [2.24, 2.45) is 4.99 Å². The van der Waals surface area contributed by atoms with Crippen molar-refractivity contribution in [3.8, 4) is 0 Å². The van der Waals surface area contributed by atoms with Gasteiger partial charge in [-0.3, -0.25) is 9.79 Å². The summed E-state index contributed by atoms with van der Waals surface area (Å²) in [6.45, 7) is 3.93. The molecule has 0 saturated carbocycles. The third kappa shape index (κ3) is 6.85. The Hall–Kier alpha value is -2.37. The molecule has 5 nitrogen and oxygen atoms in total. The smallest absolute Gasteiger partial charge is 0.243 e. The van der Waals surface area contributed by atoms with Gasteiger partial charge in [0.15, 0.2) is 23.4 Å². The van der Waals surface area contributed by atoms with Crippen molar-refractivity contribution >= 4 is 41.5 Å². The normalized spacial score (nSPS) is 11.5. The summed E-state index contributed by atoms with van der Waals surface area (Å²) in [5.74, 6) is -5.20. The number of anilines is 1. The fourth-order valence-electron chi connectivity index (χ4n) is 2.52. The van der Waals surface area contributed by atoms with Gasteiger partial charge in [0.05, 0.1) is 12.2 Å². The van der Waals surface area contributed by atoms with Crippen molar-refractivity contribution in [3.63, 3.8) is 0 Å². The van der Waals surface area contributed by atoms with E-state index < -0.39 is 34.5 Å². The third-order valence-corrected chi connectivity index (χ3v) is 4.25. The minimum Gasteiger partial charge on any atom is -0.356 e. The third-order valence-electron chi connectivity index (χ3n) is 4.25. The highest BCUT2D eigenvalue weighted by Gasteiger charge is 2.21. The van der Waals surface area contributed by atoms with Crippen LogP contribution < -0.4 is 16.0 Å². The van der Waals surface area contributed by atoms with Gasteiger partial charge in [0.25, 0.3) is 0 Å². The van der Waals surface area contributed by atoms with Gasteiger partial charge >= 0.3 is 0 Å². The van der Waals surface area contributed by atoms with Gasteiger partial charge in [0.1, 0.15) is 5.82 Å². The van der Waals surface area contributed by atoms with E-state index in [1.54, 1.807) is 6.07 Å². The quantitative estimate of drug-likeness (QED) is 0.172. The lowest BCUT2D eigenvalue weighted by Gasteiger charge is -2.26. The van der Waals surface area contributed by atoms with E-state index in [0.29, 0.717) is 6.54 Å². The van der Waals surface area contributed by atoms with E-state index in [-0.39, 0.29) is 42.3 Å². The van der Waals surface area contributed by atoms with Gasteiger partial charge in [0.2, 0.25) is 5.91 Å². The number of hydrogen-bond acceptors (Lipinski definition) is 2. The van der Waals surface area contributed by atoms with Crippen molar-refractivity contribution in [1.29, 1.82) is 0 Å². The van der Waals surface area contributed by atoms with Gasteiger partial charge in [-0.05, 0) is 29.8 Å². The lowest BCUT2D eigenvalue weighted by molar-refractivity contribution is -0.115. The molecule has 0 aliphatic carbocycles. The van der Waals surface area contributed by atoms with E-state index in [2.05, 4.69) is 20.9 Å². The van der Waals surface area contributed by atoms with Crippen LogP contribution >= 0.6 is 24.0 Å². The first kappa shape index (κ1) is 25.7. The van der Waals surface area contributed by atoms with E-state index >= 15 is 0 Å². The second-order valence-corrected chi connectivity index (χ2v) is 6.94. The van der Waals surface area contributed by atoms with Crippen LogP contribution in [0, 0.1) is 23.3 Å². The second-order valence-electron chi connectivity index (χ2n) is 6.94. The first-order valence-electron chi connectivity index (χ1n) is 8.78. The molecule has 0 heterocycles. The Balaban J connectivity index is 0.00000450. The van der Waals surface area contributed by atoms with Gasteiger partial charge < -0.3 is 16.0 Å². The van der Waals surface area contributed by atoms with Gasteiger partial charge in [-0.25, -0.2) is 17.6 Å². The predicted octanol–water partition coefficient (Wildman–Crippen LogP) is 3.94. The summed E-state index contributed by atoms with van der Waals surface area (Å²) in [6.07, 6.45) is 0. The Bertz CT molecular complexity index is 922. The minimum absolute atomic E-state index is 0. The van der Waals surface area contributed by atoms with Crippen LogP contribution in [0.1, 0.15) is 19.4 Å². The van der Waals surface area contributed by atoms with Gasteiger partial charge in [-0.2, -0.15) is 0 Å². The van der Waals surface area contributed by atoms with E-state index in [1.165, 1.54) is 19.2 Å². The molecule has 2 rings (SSSR count). The SMILES string of the molecule is CN=C(NCC(=O)Nc1ccc(F)c(F)c1F)NCC(C)(C)c1cccc(F)c1.I. The maximum atomic E-state index is 13.6. The molecule has 10 heteroatoms. The van der Waals surface area contributed by atoms with E-state index in [1.807, 2.05) is 19.9 Å². The molecule has 0 aliphatic heterocycles. The Kier molecular flexibility index (Phi) is 9.53. The first-order chi connectivity index (χ1) is 13.6. The molecule has 0 unspecified atom stereocenters. The monoisotopic (exact) mass is 538 g/mol. The number of hydrogen-bond donors (Lipinski definition) is 3. The molecule has 0 bridgehead atoms. The Morgan fingerprint density at radius 1 is 1.03 bits per heavy atom. The number of halogens is 5. The lowest BCUT2D eigenvalue weighted by atomic mass is 9.84.